The molecular formula is C28H30FN3O3. The summed E-state index contributed by atoms with van der Waals surface area (Å²) in [6.45, 7) is 3.90. The molecule has 6 nitrogen and oxygen atoms in total. The van der Waals surface area contributed by atoms with Crippen LogP contribution in [0.15, 0.2) is 72.8 Å². The van der Waals surface area contributed by atoms with Gasteiger partial charge in [-0.3, -0.25) is 4.79 Å². The molecule has 35 heavy (non-hydrogen) atoms. The lowest BCUT2D eigenvalue weighted by Gasteiger charge is -2.33. The van der Waals surface area contributed by atoms with Gasteiger partial charge in [0.15, 0.2) is 0 Å². The average Bonchev–Trinajstić information content (AvgIpc) is 2.89. The first-order chi connectivity index (χ1) is 17.0. The van der Waals surface area contributed by atoms with E-state index in [0.29, 0.717) is 36.5 Å². The van der Waals surface area contributed by atoms with E-state index in [1.165, 1.54) is 6.07 Å². The van der Waals surface area contributed by atoms with E-state index >= 15 is 0 Å². The average molecular weight is 476 g/mol. The van der Waals surface area contributed by atoms with E-state index in [2.05, 4.69) is 10.6 Å². The summed E-state index contributed by atoms with van der Waals surface area (Å²) >= 11 is 0. The first-order valence-corrected chi connectivity index (χ1v) is 11.9. The minimum atomic E-state index is -0.340. The van der Waals surface area contributed by atoms with E-state index in [-0.39, 0.29) is 30.2 Å². The Kier molecular flexibility index (Phi) is 7.98. The summed E-state index contributed by atoms with van der Waals surface area (Å²) in [5.41, 5.74) is 2.70. The smallest absolute Gasteiger partial charge is 0.321 e. The molecule has 0 aromatic heterocycles. The molecule has 3 aromatic rings. The van der Waals surface area contributed by atoms with Crippen LogP contribution in [0.25, 0.3) is 0 Å². The zero-order valence-electron chi connectivity index (χ0n) is 19.8. The Balaban J connectivity index is 1.36. The van der Waals surface area contributed by atoms with Crippen LogP contribution in [0.1, 0.15) is 47.2 Å². The molecule has 1 aliphatic heterocycles. The number of carbonyl (C=O) groups excluding carboxylic acids is 2. The summed E-state index contributed by atoms with van der Waals surface area (Å²) in [6.07, 6.45) is 1.82. The van der Waals surface area contributed by atoms with Gasteiger partial charge in [0, 0.05) is 42.4 Å². The van der Waals surface area contributed by atoms with Gasteiger partial charge in [-0.15, -0.1) is 0 Å². The minimum absolute atomic E-state index is 0.124. The predicted octanol–water partition coefficient (Wildman–Crippen LogP) is 5.57. The van der Waals surface area contributed by atoms with Crippen LogP contribution in [-0.4, -0.2) is 36.5 Å². The lowest BCUT2D eigenvalue weighted by Crippen LogP contribution is -2.41. The summed E-state index contributed by atoms with van der Waals surface area (Å²) in [5, 5.41) is 5.75. The number of rotatable bonds is 7. The fourth-order valence-electron chi connectivity index (χ4n) is 4.29. The van der Waals surface area contributed by atoms with Gasteiger partial charge in [0.2, 0.25) is 0 Å². The SMILES string of the molecule is CCOc1ccc(NC(=O)N2CCC[C@H](c3cccc(C(=O)NCc4ccccc4F)c3)C2)cc1. The number of ether oxygens (including phenoxy) is 1. The number of likely N-dealkylation sites (tertiary alicyclic amines) is 1. The molecule has 0 radical (unpaired) electrons. The maximum atomic E-state index is 13.8. The Morgan fingerprint density at radius 2 is 1.86 bits per heavy atom. The van der Waals surface area contributed by atoms with E-state index in [1.807, 2.05) is 54.3 Å². The lowest BCUT2D eigenvalue weighted by molar-refractivity contribution is 0.0950. The molecule has 0 spiro atoms. The summed E-state index contributed by atoms with van der Waals surface area (Å²) in [5.74, 6) is 0.305. The predicted molar refractivity (Wildman–Crippen MR) is 134 cm³/mol. The molecule has 3 aromatic carbocycles. The molecule has 1 atom stereocenters. The van der Waals surface area contributed by atoms with Gasteiger partial charge in [-0.25, -0.2) is 9.18 Å². The number of amides is 3. The molecule has 1 aliphatic rings. The fraction of sp³-hybridized carbons (Fsp3) is 0.286. The first-order valence-electron chi connectivity index (χ1n) is 11.9. The van der Waals surface area contributed by atoms with Crippen molar-refractivity contribution in [3.63, 3.8) is 0 Å². The molecule has 0 unspecified atom stereocenters. The van der Waals surface area contributed by atoms with E-state index in [0.717, 1.165) is 24.2 Å². The summed E-state index contributed by atoms with van der Waals surface area (Å²) in [6, 6.07) is 21.0. The number of nitrogens with zero attached hydrogens (tertiary/aromatic N) is 1. The number of urea groups is 1. The summed E-state index contributed by atoms with van der Waals surface area (Å²) in [7, 11) is 0. The Bertz CT molecular complexity index is 1170. The summed E-state index contributed by atoms with van der Waals surface area (Å²) < 4.78 is 19.3. The standard InChI is InChI=1S/C28H30FN3O3/c1-2-35-25-14-12-24(13-15-25)31-28(34)32-16-6-10-23(19-32)20-8-5-9-21(17-20)27(33)30-18-22-7-3-4-11-26(22)29/h3-5,7-9,11-15,17,23H,2,6,10,16,18-19H2,1H3,(H,30,33)(H,31,34)/t23-/m0/s1. The van der Waals surface area contributed by atoms with Crippen molar-refractivity contribution in [1.29, 1.82) is 0 Å². The zero-order chi connectivity index (χ0) is 24.6. The summed E-state index contributed by atoms with van der Waals surface area (Å²) in [4.78, 5) is 27.4. The highest BCUT2D eigenvalue weighted by Gasteiger charge is 2.25. The van der Waals surface area contributed by atoms with Crippen molar-refractivity contribution in [2.24, 2.45) is 0 Å². The van der Waals surface area contributed by atoms with Gasteiger partial charge in [0.1, 0.15) is 11.6 Å². The van der Waals surface area contributed by atoms with Crippen molar-refractivity contribution in [3.8, 4) is 5.75 Å². The van der Waals surface area contributed by atoms with Crippen molar-refractivity contribution in [2.75, 3.05) is 25.0 Å². The number of carbonyl (C=O) groups is 2. The van der Waals surface area contributed by atoms with Crippen LogP contribution < -0.4 is 15.4 Å². The zero-order valence-corrected chi connectivity index (χ0v) is 19.8. The Morgan fingerprint density at radius 3 is 2.63 bits per heavy atom. The van der Waals surface area contributed by atoms with Crippen LogP contribution >= 0.6 is 0 Å². The Morgan fingerprint density at radius 1 is 1.06 bits per heavy atom. The van der Waals surface area contributed by atoms with E-state index in [9.17, 15) is 14.0 Å². The van der Waals surface area contributed by atoms with Gasteiger partial charge < -0.3 is 20.3 Å². The Labute approximate surface area is 205 Å². The molecular weight excluding hydrogens is 445 g/mol. The molecule has 4 rings (SSSR count). The number of hydrogen-bond acceptors (Lipinski definition) is 3. The van der Waals surface area contributed by atoms with Crippen molar-refractivity contribution in [2.45, 2.75) is 32.2 Å². The number of halogens is 1. The third-order valence-corrected chi connectivity index (χ3v) is 6.14. The molecule has 0 aliphatic carbocycles. The van der Waals surface area contributed by atoms with Crippen LogP contribution in [0.2, 0.25) is 0 Å². The van der Waals surface area contributed by atoms with E-state index < -0.39 is 0 Å². The van der Waals surface area contributed by atoms with Crippen LogP contribution in [0.3, 0.4) is 0 Å². The highest BCUT2D eigenvalue weighted by molar-refractivity contribution is 5.94. The second kappa shape index (κ2) is 11.5. The first kappa shape index (κ1) is 24.3. The lowest BCUT2D eigenvalue weighted by atomic mass is 9.89. The molecule has 1 heterocycles. The van der Waals surface area contributed by atoms with Gasteiger partial charge in [0.25, 0.3) is 5.91 Å². The van der Waals surface area contributed by atoms with Crippen molar-refractivity contribution in [1.82, 2.24) is 10.2 Å². The van der Waals surface area contributed by atoms with Crippen LogP contribution in [0.4, 0.5) is 14.9 Å². The molecule has 0 bridgehead atoms. The molecule has 0 saturated carbocycles. The fourth-order valence-corrected chi connectivity index (χ4v) is 4.29. The maximum absolute atomic E-state index is 13.8. The second-order valence-corrected chi connectivity index (χ2v) is 8.57. The van der Waals surface area contributed by atoms with Crippen LogP contribution in [0, 0.1) is 5.82 Å². The van der Waals surface area contributed by atoms with Crippen molar-refractivity contribution in [3.05, 3.63) is 95.3 Å². The highest BCUT2D eigenvalue weighted by Crippen LogP contribution is 2.28. The maximum Gasteiger partial charge on any atom is 0.321 e. The monoisotopic (exact) mass is 475 g/mol. The van der Waals surface area contributed by atoms with Crippen molar-refractivity contribution >= 4 is 17.6 Å². The number of benzene rings is 3. The van der Waals surface area contributed by atoms with E-state index in [4.69, 9.17) is 4.74 Å². The molecule has 2 N–H and O–H groups in total. The van der Waals surface area contributed by atoms with Gasteiger partial charge in [-0.05, 0) is 67.8 Å². The normalized spacial score (nSPS) is 15.4. The van der Waals surface area contributed by atoms with E-state index in [1.54, 1.807) is 24.3 Å². The van der Waals surface area contributed by atoms with Gasteiger partial charge >= 0.3 is 6.03 Å². The molecule has 182 valence electrons. The number of anilines is 1. The van der Waals surface area contributed by atoms with Gasteiger partial charge in [-0.2, -0.15) is 0 Å². The minimum Gasteiger partial charge on any atom is -0.494 e. The molecule has 1 saturated heterocycles. The van der Waals surface area contributed by atoms with Crippen LogP contribution in [0.5, 0.6) is 5.75 Å². The molecule has 1 fully saturated rings. The topological polar surface area (TPSA) is 70.7 Å². The number of piperidine rings is 1. The third kappa shape index (κ3) is 6.38. The van der Waals surface area contributed by atoms with Crippen LogP contribution in [-0.2, 0) is 6.54 Å². The molecule has 3 amide bonds. The number of nitrogens with one attached hydrogen (secondary N) is 2. The van der Waals surface area contributed by atoms with Gasteiger partial charge in [-0.1, -0.05) is 30.3 Å². The number of hydrogen-bond donors (Lipinski definition) is 2. The van der Waals surface area contributed by atoms with Crippen molar-refractivity contribution < 1.29 is 18.7 Å². The second-order valence-electron chi connectivity index (χ2n) is 8.57. The third-order valence-electron chi connectivity index (χ3n) is 6.14. The Hall–Kier alpha value is -3.87. The quantitative estimate of drug-likeness (QED) is 0.470. The molecule has 7 heteroatoms. The largest absolute Gasteiger partial charge is 0.494 e. The highest BCUT2D eigenvalue weighted by atomic mass is 19.1. The van der Waals surface area contributed by atoms with Gasteiger partial charge in [0.05, 0.1) is 6.61 Å².